The summed E-state index contributed by atoms with van der Waals surface area (Å²) in [6, 6.07) is 17.1. The van der Waals surface area contributed by atoms with E-state index in [1.165, 1.54) is 0 Å². The molecule has 4 nitrogen and oxygen atoms in total. The summed E-state index contributed by atoms with van der Waals surface area (Å²) in [5, 5.41) is 0.895. The van der Waals surface area contributed by atoms with Crippen LogP contribution in [0.15, 0.2) is 59.5 Å². The third kappa shape index (κ3) is 2.36. The molecule has 2 aromatic carbocycles. The predicted octanol–water partition coefficient (Wildman–Crippen LogP) is 3.10. The van der Waals surface area contributed by atoms with Crippen LogP contribution >= 0.6 is 0 Å². The molecule has 0 unspecified atom stereocenters. The highest BCUT2D eigenvalue weighted by atomic mass is 32.2. The number of nitrogens with one attached hydrogen (secondary N) is 1. The molecule has 1 N–H and O–H groups in total. The molecule has 1 aromatic heterocycles. The molecule has 2 heterocycles. The van der Waals surface area contributed by atoms with Crippen LogP contribution in [0, 0.1) is 6.92 Å². The summed E-state index contributed by atoms with van der Waals surface area (Å²) < 4.78 is 28.3. The van der Waals surface area contributed by atoms with E-state index in [-0.39, 0.29) is 0 Å². The zero-order valence-corrected chi connectivity index (χ0v) is 14.3. The molecular formula is C19H19N2O2S+. The first-order valence-electron chi connectivity index (χ1n) is 8.10. The van der Waals surface area contributed by atoms with E-state index in [0.29, 0.717) is 17.0 Å². The van der Waals surface area contributed by atoms with E-state index in [9.17, 15) is 8.42 Å². The standard InChI is InChI=1S/C19H18N2O2S/c1-14-11-12-16-7-4-10-18(19(16)20-14)24(22,23)21-13-5-8-15-6-2-3-9-17(15)21/h2-4,6-7,9-12H,5,8,13H2,1H3/p+1. The molecule has 0 atom stereocenters. The molecular weight excluding hydrogens is 320 g/mol. The third-order valence-electron chi connectivity index (χ3n) is 4.53. The number of hydrogen-bond donors (Lipinski definition) is 0. The van der Waals surface area contributed by atoms with E-state index in [2.05, 4.69) is 4.98 Å². The lowest BCUT2D eigenvalue weighted by Crippen LogP contribution is -2.36. The minimum Gasteiger partial charge on any atom is -0.266 e. The first-order chi connectivity index (χ1) is 11.6. The Morgan fingerprint density at radius 3 is 2.71 bits per heavy atom. The summed E-state index contributed by atoms with van der Waals surface area (Å²) >= 11 is 0. The molecule has 0 radical (unpaired) electrons. The number of fused-ring (bicyclic) bond motifs is 2. The van der Waals surface area contributed by atoms with Crippen molar-refractivity contribution in [3.05, 3.63) is 65.9 Å². The van der Waals surface area contributed by atoms with Crippen LogP contribution < -0.4 is 9.29 Å². The molecule has 0 saturated heterocycles. The van der Waals surface area contributed by atoms with Crippen molar-refractivity contribution in [2.45, 2.75) is 24.7 Å². The number of anilines is 1. The Kier molecular flexibility index (Phi) is 3.53. The van der Waals surface area contributed by atoms with Crippen LogP contribution in [-0.2, 0) is 16.4 Å². The number of para-hydroxylation sites is 2. The molecule has 0 spiro atoms. The average molecular weight is 339 g/mol. The zero-order valence-electron chi connectivity index (χ0n) is 13.5. The highest BCUT2D eigenvalue weighted by Gasteiger charge is 2.32. The molecule has 5 heteroatoms. The number of benzene rings is 2. The molecule has 1 aliphatic heterocycles. The molecule has 4 rings (SSSR count). The summed E-state index contributed by atoms with van der Waals surface area (Å²) in [5.74, 6) is 0. The van der Waals surface area contributed by atoms with E-state index >= 15 is 0 Å². The number of hydrogen-bond acceptors (Lipinski definition) is 2. The highest BCUT2D eigenvalue weighted by Crippen LogP contribution is 2.33. The van der Waals surface area contributed by atoms with Gasteiger partial charge in [-0.2, -0.15) is 0 Å². The predicted molar refractivity (Wildman–Crippen MR) is 94.5 cm³/mol. The Bertz CT molecular complexity index is 1030. The highest BCUT2D eigenvalue weighted by molar-refractivity contribution is 7.93. The zero-order chi connectivity index (χ0) is 16.7. The van der Waals surface area contributed by atoms with Gasteiger partial charge >= 0.3 is 0 Å². The summed E-state index contributed by atoms with van der Waals surface area (Å²) in [4.78, 5) is 3.56. The van der Waals surface area contributed by atoms with Gasteiger partial charge in [0.05, 0.1) is 5.69 Å². The van der Waals surface area contributed by atoms with Gasteiger partial charge in [0.2, 0.25) is 5.52 Å². The van der Waals surface area contributed by atoms with Crippen molar-refractivity contribution in [2.24, 2.45) is 0 Å². The number of pyridine rings is 1. The van der Waals surface area contributed by atoms with Crippen molar-refractivity contribution in [3.8, 4) is 0 Å². The van der Waals surface area contributed by atoms with E-state index in [4.69, 9.17) is 0 Å². The van der Waals surface area contributed by atoms with Crippen LogP contribution in [0.2, 0.25) is 0 Å². The lowest BCUT2D eigenvalue weighted by Gasteiger charge is -2.30. The minimum atomic E-state index is -3.62. The van der Waals surface area contributed by atoms with Crippen molar-refractivity contribution in [1.29, 1.82) is 0 Å². The SMILES string of the molecule is Cc1ccc2cccc(S(=O)(=O)N3CCCc4ccccc43)c2[nH+]1. The van der Waals surface area contributed by atoms with Gasteiger partial charge in [0.15, 0.2) is 10.6 Å². The number of aromatic nitrogens is 1. The second-order valence-electron chi connectivity index (χ2n) is 6.17. The molecule has 0 aliphatic carbocycles. The van der Waals surface area contributed by atoms with Gasteiger partial charge in [-0.25, -0.2) is 13.4 Å². The van der Waals surface area contributed by atoms with Gasteiger partial charge in [-0.1, -0.05) is 24.3 Å². The fourth-order valence-electron chi connectivity index (χ4n) is 3.36. The normalized spacial score (nSPS) is 14.6. The Morgan fingerprint density at radius 1 is 1.00 bits per heavy atom. The van der Waals surface area contributed by atoms with Crippen molar-refractivity contribution < 1.29 is 13.4 Å². The number of nitrogens with zero attached hydrogens (tertiary/aromatic N) is 1. The number of H-pyrrole nitrogens is 1. The molecule has 0 fully saturated rings. The molecule has 0 bridgehead atoms. The fourth-order valence-corrected chi connectivity index (χ4v) is 5.08. The lowest BCUT2D eigenvalue weighted by atomic mass is 10.0. The Balaban J connectivity index is 1.93. The first-order valence-corrected chi connectivity index (χ1v) is 9.54. The van der Waals surface area contributed by atoms with Crippen molar-refractivity contribution in [1.82, 2.24) is 0 Å². The third-order valence-corrected chi connectivity index (χ3v) is 6.38. The summed E-state index contributed by atoms with van der Waals surface area (Å²) in [7, 11) is -3.62. The molecule has 0 amide bonds. The second kappa shape index (κ2) is 5.60. The van der Waals surface area contributed by atoms with Crippen molar-refractivity contribution in [3.63, 3.8) is 0 Å². The smallest absolute Gasteiger partial charge is 0.266 e. The van der Waals surface area contributed by atoms with E-state index in [1.807, 2.05) is 49.4 Å². The van der Waals surface area contributed by atoms with Crippen LogP contribution in [-0.4, -0.2) is 15.0 Å². The van der Waals surface area contributed by atoms with Gasteiger partial charge in [-0.3, -0.25) is 4.31 Å². The molecule has 0 saturated carbocycles. The van der Waals surface area contributed by atoms with Crippen LogP contribution in [0.25, 0.3) is 10.9 Å². The van der Waals surface area contributed by atoms with Crippen molar-refractivity contribution >= 4 is 26.6 Å². The van der Waals surface area contributed by atoms with Gasteiger partial charge < -0.3 is 0 Å². The maximum Gasteiger partial charge on any atom is 0.270 e. The molecule has 122 valence electrons. The van der Waals surface area contributed by atoms with E-state index in [0.717, 1.165) is 35.2 Å². The number of sulfonamides is 1. The van der Waals surface area contributed by atoms with Crippen LogP contribution in [0.4, 0.5) is 5.69 Å². The lowest BCUT2D eigenvalue weighted by molar-refractivity contribution is -0.356. The molecule has 24 heavy (non-hydrogen) atoms. The quantitative estimate of drug-likeness (QED) is 0.720. The van der Waals surface area contributed by atoms with E-state index in [1.54, 1.807) is 16.4 Å². The van der Waals surface area contributed by atoms with Crippen molar-refractivity contribution in [2.75, 3.05) is 10.8 Å². The first kappa shape index (κ1) is 15.1. The summed E-state index contributed by atoms with van der Waals surface area (Å²) in [6.45, 7) is 2.45. The van der Waals surface area contributed by atoms with Crippen LogP contribution in [0.5, 0.6) is 0 Å². The number of aromatic amines is 1. The summed E-state index contributed by atoms with van der Waals surface area (Å²) in [5.41, 5.74) is 3.49. The largest absolute Gasteiger partial charge is 0.270 e. The van der Waals surface area contributed by atoms with Gasteiger partial charge in [0.1, 0.15) is 0 Å². The average Bonchev–Trinajstić information content (AvgIpc) is 2.60. The number of aryl methyl sites for hydroxylation is 2. The maximum absolute atomic E-state index is 13.4. The maximum atomic E-state index is 13.4. The Morgan fingerprint density at radius 2 is 1.83 bits per heavy atom. The molecule has 1 aliphatic rings. The van der Waals surface area contributed by atoms with Crippen LogP contribution in [0.3, 0.4) is 0 Å². The Hall–Kier alpha value is -2.40. The second-order valence-corrected chi connectivity index (χ2v) is 8.00. The van der Waals surface area contributed by atoms with Gasteiger partial charge in [0, 0.05) is 24.9 Å². The summed E-state index contributed by atoms with van der Waals surface area (Å²) in [6.07, 6.45) is 1.76. The van der Waals surface area contributed by atoms with Crippen LogP contribution in [0.1, 0.15) is 17.7 Å². The van der Waals surface area contributed by atoms with Gasteiger partial charge in [-0.15, -0.1) is 0 Å². The Labute approximate surface area is 141 Å². The topological polar surface area (TPSA) is 51.5 Å². The minimum absolute atomic E-state index is 0.334. The molecule has 3 aromatic rings. The van der Waals surface area contributed by atoms with Gasteiger partial charge in [-0.05, 0) is 42.7 Å². The van der Waals surface area contributed by atoms with E-state index < -0.39 is 10.0 Å². The number of rotatable bonds is 2. The van der Waals surface area contributed by atoms with Gasteiger partial charge in [0.25, 0.3) is 10.0 Å². The fraction of sp³-hybridized carbons (Fsp3) is 0.211. The monoisotopic (exact) mass is 339 g/mol.